The van der Waals surface area contributed by atoms with Gasteiger partial charge in [0, 0.05) is 44.8 Å². The van der Waals surface area contributed by atoms with Crippen LogP contribution in [0.3, 0.4) is 0 Å². The maximum atomic E-state index is 12.4. The van der Waals surface area contributed by atoms with Gasteiger partial charge >= 0.3 is 0 Å². The van der Waals surface area contributed by atoms with Crippen molar-refractivity contribution in [2.24, 2.45) is 0 Å². The van der Waals surface area contributed by atoms with Crippen LogP contribution in [0.4, 0.5) is 0 Å². The highest BCUT2D eigenvalue weighted by Crippen LogP contribution is 2.14. The summed E-state index contributed by atoms with van der Waals surface area (Å²) in [7, 11) is 2.14. The molecule has 0 aromatic heterocycles. The van der Waals surface area contributed by atoms with E-state index in [0.717, 1.165) is 32.7 Å². The molecule has 17 heavy (non-hydrogen) atoms. The average Bonchev–Trinajstić information content (AvgIpc) is 2.35. The fourth-order valence-electron chi connectivity index (χ4n) is 2.63. The summed E-state index contributed by atoms with van der Waals surface area (Å²) in [6, 6.07) is 0.852. The second-order valence-electron chi connectivity index (χ2n) is 5.32. The normalized spacial score (nSPS) is 35.9. The number of piperazine rings is 2. The lowest BCUT2D eigenvalue weighted by atomic mass is 10.1. The van der Waals surface area contributed by atoms with Crippen molar-refractivity contribution in [3.8, 4) is 0 Å². The van der Waals surface area contributed by atoms with E-state index in [1.807, 2.05) is 4.90 Å². The van der Waals surface area contributed by atoms with E-state index in [0.29, 0.717) is 12.1 Å². The van der Waals surface area contributed by atoms with Crippen LogP contribution in [0.25, 0.3) is 0 Å². The summed E-state index contributed by atoms with van der Waals surface area (Å²) in [5.41, 5.74) is 0. The minimum absolute atomic E-state index is 0.0356. The van der Waals surface area contributed by atoms with Gasteiger partial charge in [0.15, 0.2) is 0 Å². The maximum Gasteiger partial charge on any atom is 0.241 e. The second kappa shape index (κ2) is 5.33. The molecule has 2 saturated heterocycles. The van der Waals surface area contributed by atoms with E-state index < -0.39 is 0 Å². The topological polar surface area (TPSA) is 47.6 Å². The standard InChI is InChI=1S/C12H24N4O/c1-9-7-16(8-10(2)15(9)3)12(17)11-6-13-4-5-14-11/h9-11,13-14H,4-8H2,1-3H3. The van der Waals surface area contributed by atoms with Crippen molar-refractivity contribution >= 4 is 5.91 Å². The maximum absolute atomic E-state index is 12.4. The minimum atomic E-state index is -0.0356. The van der Waals surface area contributed by atoms with E-state index in [4.69, 9.17) is 0 Å². The summed E-state index contributed by atoms with van der Waals surface area (Å²) in [6.45, 7) is 8.66. The Bertz CT molecular complexity index is 266. The van der Waals surface area contributed by atoms with Gasteiger partial charge in [-0.1, -0.05) is 0 Å². The molecular weight excluding hydrogens is 216 g/mol. The van der Waals surface area contributed by atoms with Crippen molar-refractivity contribution in [2.45, 2.75) is 32.0 Å². The SMILES string of the molecule is CC1CN(C(=O)C2CNCCN2)CC(C)N1C. The van der Waals surface area contributed by atoms with Crippen molar-refractivity contribution in [2.75, 3.05) is 39.8 Å². The van der Waals surface area contributed by atoms with E-state index in [9.17, 15) is 4.79 Å². The molecule has 3 atom stereocenters. The van der Waals surface area contributed by atoms with Gasteiger partial charge in [0.2, 0.25) is 5.91 Å². The summed E-state index contributed by atoms with van der Waals surface area (Å²) in [6.07, 6.45) is 0. The Kier molecular flexibility index (Phi) is 4.01. The van der Waals surface area contributed by atoms with E-state index in [-0.39, 0.29) is 11.9 Å². The molecule has 5 heteroatoms. The van der Waals surface area contributed by atoms with Gasteiger partial charge in [0.1, 0.15) is 0 Å². The van der Waals surface area contributed by atoms with Gasteiger partial charge in [0.05, 0.1) is 6.04 Å². The molecule has 0 spiro atoms. The van der Waals surface area contributed by atoms with E-state index in [2.05, 4.69) is 36.4 Å². The molecule has 5 nitrogen and oxygen atoms in total. The number of carbonyl (C=O) groups excluding carboxylic acids is 1. The number of rotatable bonds is 1. The predicted octanol–water partition coefficient (Wildman–Crippen LogP) is -0.901. The quantitative estimate of drug-likeness (QED) is 0.623. The Balaban J connectivity index is 1.95. The fraction of sp³-hybridized carbons (Fsp3) is 0.917. The molecule has 2 aliphatic heterocycles. The molecule has 3 unspecified atom stereocenters. The molecule has 1 amide bonds. The highest BCUT2D eigenvalue weighted by Gasteiger charge is 2.32. The van der Waals surface area contributed by atoms with Crippen LogP contribution in [0.1, 0.15) is 13.8 Å². The lowest BCUT2D eigenvalue weighted by Crippen LogP contribution is -2.62. The molecule has 2 rings (SSSR count). The molecule has 0 bridgehead atoms. The Morgan fingerprint density at radius 2 is 1.82 bits per heavy atom. The van der Waals surface area contributed by atoms with E-state index in [1.54, 1.807) is 0 Å². The number of hydrogen-bond donors (Lipinski definition) is 2. The first kappa shape index (κ1) is 12.8. The summed E-state index contributed by atoms with van der Waals surface area (Å²) in [5.74, 6) is 0.254. The Labute approximate surface area is 104 Å². The van der Waals surface area contributed by atoms with Crippen molar-refractivity contribution in [3.05, 3.63) is 0 Å². The summed E-state index contributed by atoms with van der Waals surface area (Å²) < 4.78 is 0. The van der Waals surface area contributed by atoms with Gasteiger partial charge in [-0.2, -0.15) is 0 Å². The third-order valence-electron chi connectivity index (χ3n) is 4.01. The zero-order valence-electron chi connectivity index (χ0n) is 11.1. The molecule has 0 aliphatic carbocycles. The molecule has 0 radical (unpaired) electrons. The van der Waals surface area contributed by atoms with Crippen molar-refractivity contribution in [1.29, 1.82) is 0 Å². The summed E-state index contributed by atoms with van der Waals surface area (Å²) in [4.78, 5) is 16.7. The van der Waals surface area contributed by atoms with Gasteiger partial charge in [-0.15, -0.1) is 0 Å². The zero-order chi connectivity index (χ0) is 12.4. The van der Waals surface area contributed by atoms with Gasteiger partial charge in [-0.3, -0.25) is 9.69 Å². The molecule has 2 fully saturated rings. The number of carbonyl (C=O) groups is 1. The molecule has 2 aliphatic rings. The van der Waals surface area contributed by atoms with Crippen molar-refractivity contribution in [1.82, 2.24) is 20.4 Å². The fourth-order valence-corrected chi connectivity index (χ4v) is 2.63. The van der Waals surface area contributed by atoms with Crippen LogP contribution in [0.5, 0.6) is 0 Å². The monoisotopic (exact) mass is 240 g/mol. The van der Waals surface area contributed by atoms with Crippen LogP contribution in [0.15, 0.2) is 0 Å². The summed E-state index contributed by atoms with van der Waals surface area (Å²) >= 11 is 0. The largest absolute Gasteiger partial charge is 0.338 e. The highest BCUT2D eigenvalue weighted by molar-refractivity contribution is 5.82. The zero-order valence-corrected chi connectivity index (χ0v) is 11.1. The first-order valence-corrected chi connectivity index (χ1v) is 6.54. The molecule has 0 aromatic rings. The smallest absolute Gasteiger partial charge is 0.241 e. The molecule has 2 N–H and O–H groups in total. The number of likely N-dealkylation sites (N-methyl/N-ethyl adjacent to an activating group) is 1. The van der Waals surface area contributed by atoms with Gasteiger partial charge in [-0.05, 0) is 20.9 Å². The Hall–Kier alpha value is -0.650. The van der Waals surface area contributed by atoms with E-state index >= 15 is 0 Å². The Morgan fingerprint density at radius 1 is 1.18 bits per heavy atom. The predicted molar refractivity (Wildman–Crippen MR) is 67.9 cm³/mol. The third kappa shape index (κ3) is 2.78. The van der Waals surface area contributed by atoms with Crippen LogP contribution < -0.4 is 10.6 Å². The van der Waals surface area contributed by atoms with Crippen LogP contribution in [0, 0.1) is 0 Å². The molecule has 0 saturated carbocycles. The lowest BCUT2D eigenvalue weighted by molar-refractivity contribution is -0.137. The van der Waals surface area contributed by atoms with Gasteiger partial charge < -0.3 is 15.5 Å². The number of nitrogens with one attached hydrogen (secondary N) is 2. The first-order chi connectivity index (χ1) is 8.09. The van der Waals surface area contributed by atoms with Crippen molar-refractivity contribution in [3.63, 3.8) is 0 Å². The molecule has 98 valence electrons. The number of nitrogens with zero attached hydrogens (tertiary/aromatic N) is 2. The second-order valence-corrected chi connectivity index (χ2v) is 5.32. The average molecular weight is 240 g/mol. The molecule has 2 heterocycles. The lowest BCUT2D eigenvalue weighted by Gasteiger charge is -2.43. The van der Waals surface area contributed by atoms with E-state index in [1.165, 1.54) is 0 Å². The third-order valence-corrected chi connectivity index (χ3v) is 4.01. The molecular formula is C12H24N4O. The first-order valence-electron chi connectivity index (χ1n) is 6.54. The minimum Gasteiger partial charge on any atom is -0.338 e. The highest BCUT2D eigenvalue weighted by atomic mass is 16.2. The van der Waals surface area contributed by atoms with Crippen LogP contribution in [-0.4, -0.2) is 73.6 Å². The molecule has 0 aromatic carbocycles. The Morgan fingerprint density at radius 3 is 2.35 bits per heavy atom. The van der Waals surface area contributed by atoms with Gasteiger partial charge in [0.25, 0.3) is 0 Å². The number of hydrogen-bond acceptors (Lipinski definition) is 4. The summed E-state index contributed by atoms with van der Waals surface area (Å²) in [5, 5.41) is 6.56. The number of amides is 1. The van der Waals surface area contributed by atoms with Crippen molar-refractivity contribution < 1.29 is 4.79 Å². The van der Waals surface area contributed by atoms with Crippen LogP contribution >= 0.6 is 0 Å². The van der Waals surface area contributed by atoms with Gasteiger partial charge in [-0.25, -0.2) is 0 Å². The van der Waals surface area contributed by atoms with Crippen LogP contribution in [-0.2, 0) is 4.79 Å². The van der Waals surface area contributed by atoms with Crippen LogP contribution in [0.2, 0.25) is 0 Å².